The highest BCUT2D eigenvalue weighted by atomic mass is 16.2. The normalized spacial score (nSPS) is 11.4. The van der Waals surface area contributed by atoms with Crippen molar-refractivity contribution < 1.29 is 4.79 Å². The zero-order chi connectivity index (χ0) is 13.6. The Kier molecular flexibility index (Phi) is 5.20. The van der Waals surface area contributed by atoms with Gasteiger partial charge in [0.15, 0.2) is 0 Å². The van der Waals surface area contributed by atoms with Crippen molar-refractivity contribution in [1.29, 1.82) is 0 Å². The molecule has 18 heavy (non-hydrogen) atoms. The van der Waals surface area contributed by atoms with Crippen molar-refractivity contribution in [3.8, 4) is 0 Å². The first-order valence-electron chi connectivity index (χ1n) is 6.49. The van der Waals surface area contributed by atoms with Crippen LogP contribution in [0.3, 0.4) is 0 Å². The van der Waals surface area contributed by atoms with E-state index in [2.05, 4.69) is 36.6 Å². The van der Waals surface area contributed by atoms with Gasteiger partial charge in [-0.3, -0.25) is 0 Å². The molecule has 0 saturated carbocycles. The number of benzene rings is 1. The van der Waals surface area contributed by atoms with Crippen molar-refractivity contribution in [3.05, 3.63) is 35.9 Å². The van der Waals surface area contributed by atoms with Crippen LogP contribution in [-0.2, 0) is 6.42 Å². The second kappa shape index (κ2) is 6.43. The predicted octanol–water partition coefficient (Wildman–Crippen LogP) is 2.96. The Morgan fingerprint density at radius 3 is 2.39 bits per heavy atom. The SMILES string of the molecule is CC(C)CNC(=O)NC(C)(C)Cc1ccccc1. The van der Waals surface area contributed by atoms with Gasteiger partial charge in [-0.05, 0) is 31.7 Å². The third-order valence-electron chi connectivity index (χ3n) is 2.61. The summed E-state index contributed by atoms with van der Waals surface area (Å²) in [5.74, 6) is 0.466. The van der Waals surface area contributed by atoms with Gasteiger partial charge in [0.05, 0.1) is 0 Å². The van der Waals surface area contributed by atoms with Crippen LogP contribution >= 0.6 is 0 Å². The second-order valence-corrected chi connectivity index (χ2v) is 5.78. The Hall–Kier alpha value is -1.51. The second-order valence-electron chi connectivity index (χ2n) is 5.78. The predicted molar refractivity (Wildman–Crippen MR) is 75.6 cm³/mol. The zero-order valence-corrected chi connectivity index (χ0v) is 11.8. The molecule has 0 saturated heterocycles. The number of rotatable bonds is 5. The quantitative estimate of drug-likeness (QED) is 0.826. The molecule has 0 aliphatic heterocycles. The summed E-state index contributed by atoms with van der Waals surface area (Å²) >= 11 is 0. The lowest BCUT2D eigenvalue weighted by molar-refractivity contribution is 0.228. The van der Waals surface area contributed by atoms with Crippen LogP contribution in [0.5, 0.6) is 0 Å². The van der Waals surface area contributed by atoms with Gasteiger partial charge in [0, 0.05) is 12.1 Å². The average molecular weight is 248 g/mol. The number of hydrogen-bond acceptors (Lipinski definition) is 1. The lowest BCUT2D eigenvalue weighted by Crippen LogP contribution is -2.50. The van der Waals surface area contributed by atoms with Crippen LogP contribution in [0.15, 0.2) is 30.3 Å². The molecule has 1 aromatic rings. The molecule has 0 atom stereocenters. The summed E-state index contributed by atoms with van der Waals surface area (Å²) in [6, 6.07) is 10.1. The van der Waals surface area contributed by atoms with E-state index in [1.807, 2.05) is 32.0 Å². The van der Waals surface area contributed by atoms with Crippen LogP contribution in [0.1, 0.15) is 33.3 Å². The monoisotopic (exact) mass is 248 g/mol. The maximum absolute atomic E-state index is 11.7. The summed E-state index contributed by atoms with van der Waals surface area (Å²) in [7, 11) is 0. The Labute approximate surface area is 110 Å². The van der Waals surface area contributed by atoms with Gasteiger partial charge in [-0.2, -0.15) is 0 Å². The van der Waals surface area contributed by atoms with E-state index < -0.39 is 0 Å². The molecule has 2 N–H and O–H groups in total. The van der Waals surface area contributed by atoms with Crippen molar-refractivity contribution >= 4 is 6.03 Å². The Morgan fingerprint density at radius 2 is 1.83 bits per heavy atom. The Morgan fingerprint density at radius 1 is 1.22 bits per heavy atom. The fourth-order valence-corrected chi connectivity index (χ4v) is 1.80. The maximum atomic E-state index is 11.7. The molecular weight excluding hydrogens is 224 g/mol. The molecule has 1 rings (SSSR count). The van der Waals surface area contributed by atoms with Gasteiger partial charge in [0.2, 0.25) is 0 Å². The summed E-state index contributed by atoms with van der Waals surface area (Å²) in [6.45, 7) is 8.93. The highest BCUT2D eigenvalue weighted by Crippen LogP contribution is 2.12. The summed E-state index contributed by atoms with van der Waals surface area (Å²) < 4.78 is 0. The van der Waals surface area contributed by atoms with Crippen LogP contribution in [0.25, 0.3) is 0 Å². The minimum absolute atomic E-state index is 0.0929. The van der Waals surface area contributed by atoms with Gasteiger partial charge < -0.3 is 10.6 Å². The van der Waals surface area contributed by atoms with Crippen molar-refractivity contribution in [2.24, 2.45) is 5.92 Å². The van der Waals surface area contributed by atoms with Gasteiger partial charge in [0.1, 0.15) is 0 Å². The molecule has 0 aromatic heterocycles. The van der Waals surface area contributed by atoms with Crippen LogP contribution in [-0.4, -0.2) is 18.1 Å². The molecule has 1 aromatic carbocycles. The average Bonchev–Trinajstić information content (AvgIpc) is 2.26. The fourth-order valence-electron chi connectivity index (χ4n) is 1.80. The highest BCUT2D eigenvalue weighted by molar-refractivity contribution is 5.74. The van der Waals surface area contributed by atoms with E-state index in [9.17, 15) is 4.79 Å². The van der Waals surface area contributed by atoms with E-state index in [0.717, 1.165) is 6.42 Å². The molecule has 0 aliphatic carbocycles. The molecule has 3 heteroatoms. The van der Waals surface area contributed by atoms with Crippen LogP contribution < -0.4 is 10.6 Å². The third-order valence-corrected chi connectivity index (χ3v) is 2.61. The van der Waals surface area contributed by atoms with Crippen molar-refractivity contribution in [2.75, 3.05) is 6.54 Å². The highest BCUT2D eigenvalue weighted by Gasteiger charge is 2.20. The van der Waals surface area contributed by atoms with E-state index in [-0.39, 0.29) is 11.6 Å². The van der Waals surface area contributed by atoms with Crippen LogP contribution in [0.2, 0.25) is 0 Å². The minimum atomic E-state index is -0.248. The lowest BCUT2D eigenvalue weighted by Gasteiger charge is -2.26. The molecule has 0 bridgehead atoms. The van der Waals surface area contributed by atoms with E-state index in [0.29, 0.717) is 12.5 Å². The summed E-state index contributed by atoms with van der Waals surface area (Å²) in [6.07, 6.45) is 0.822. The fraction of sp³-hybridized carbons (Fsp3) is 0.533. The lowest BCUT2D eigenvalue weighted by atomic mass is 9.95. The smallest absolute Gasteiger partial charge is 0.315 e. The van der Waals surface area contributed by atoms with Gasteiger partial charge in [-0.25, -0.2) is 4.79 Å². The molecule has 0 spiro atoms. The van der Waals surface area contributed by atoms with Crippen molar-refractivity contribution in [2.45, 2.75) is 39.7 Å². The standard InChI is InChI=1S/C15H24N2O/c1-12(2)11-16-14(18)17-15(3,4)10-13-8-6-5-7-9-13/h5-9,12H,10-11H2,1-4H3,(H2,16,17,18). The van der Waals surface area contributed by atoms with E-state index in [4.69, 9.17) is 0 Å². The van der Waals surface area contributed by atoms with Crippen LogP contribution in [0.4, 0.5) is 4.79 Å². The molecule has 0 fully saturated rings. The van der Waals surface area contributed by atoms with Crippen molar-refractivity contribution in [1.82, 2.24) is 10.6 Å². The number of urea groups is 1. The summed E-state index contributed by atoms with van der Waals surface area (Å²) in [5.41, 5.74) is 0.981. The minimum Gasteiger partial charge on any atom is -0.338 e. The molecule has 3 nitrogen and oxygen atoms in total. The van der Waals surface area contributed by atoms with Gasteiger partial charge >= 0.3 is 6.03 Å². The van der Waals surface area contributed by atoms with E-state index in [1.165, 1.54) is 5.56 Å². The molecule has 0 radical (unpaired) electrons. The Balaban J connectivity index is 2.46. The number of carbonyl (C=O) groups excluding carboxylic acids is 1. The van der Waals surface area contributed by atoms with Crippen molar-refractivity contribution in [3.63, 3.8) is 0 Å². The van der Waals surface area contributed by atoms with Gasteiger partial charge in [-0.15, -0.1) is 0 Å². The Bertz CT molecular complexity index is 371. The topological polar surface area (TPSA) is 41.1 Å². The van der Waals surface area contributed by atoms with E-state index in [1.54, 1.807) is 0 Å². The summed E-state index contributed by atoms with van der Waals surface area (Å²) in [5, 5.41) is 5.88. The van der Waals surface area contributed by atoms with Crippen LogP contribution in [0, 0.1) is 5.92 Å². The first-order valence-corrected chi connectivity index (χ1v) is 6.49. The molecule has 100 valence electrons. The molecule has 0 unspecified atom stereocenters. The molecule has 2 amide bonds. The molecule has 0 aliphatic rings. The molecule has 0 heterocycles. The summed E-state index contributed by atoms with van der Waals surface area (Å²) in [4.78, 5) is 11.7. The number of nitrogens with one attached hydrogen (secondary N) is 2. The first kappa shape index (κ1) is 14.6. The number of amides is 2. The third kappa shape index (κ3) is 5.71. The zero-order valence-electron chi connectivity index (χ0n) is 11.8. The van der Waals surface area contributed by atoms with Gasteiger partial charge in [0.25, 0.3) is 0 Å². The molecular formula is C15H24N2O. The maximum Gasteiger partial charge on any atom is 0.315 e. The van der Waals surface area contributed by atoms with Gasteiger partial charge in [-0.1, -0.05) is 44.2 Å². The van der Waals surface area contributed by atoms with E-state index >= 15 is 0 Å². The number of carbonyl (C=O) groups is 1. The first-order chi connectivity index (χ1) is 8.39. The number of hydrogen-bond donors (Lipinski definition) is 2. The largest absolute Gasteiger partial charge is 0.338 e.